The van der Waals surface area contributed by atoms with Crippen LogP contribution in [-0.2, 0) is 12.0 Å². The lowest BCUT2D eigenvalue weighted by atomic mass is 9.75. The molecule has 292 valence electrons. The molecule has 0 saturated heterocycles. The van der Waals surface area contributed by atoms with Gasteiger partial charge in [0, 0.05) is 16.8 Å². The number of hydrogen-bond donors (Lipinski definition) is 2. The predicted molar refractivity (Wildman–Crippen MR) is 259 cm³/mol. The van der Waals surface area contributed by atoms with Gasteiger partial charge in [0.2, 0.25) is 0 Å². The SMILES string of the molecule is CC/C1=C(\C)c2cccc(c2N)C(O)(c2ccccc2)c2cccc(-c3ccc4c(-c5ccc6ccccc6c5)c5ccccc5c(-c5ccc6ccccc6c5)c4c3)c2C1. The molecule has 10 aromatic rings. The lowest BCUT2D eigenvalue weighted by Crippen LogP contribution is -2.31. The summed E-state index contributed by atoms with van der Waals surface area (Å²) in [5.74, 6) is 0. The van der Waals surface area contributed by atoms with E-state index >= 15 is 0 Å². The van der Waals surface area contributed by atoms with Crippen LogP contribution in [0.15, 0.2) is 200 Å². The summed E-state index contributed by atoms with van der Waals surface area (Å²) in [6.45, 7) is 4.42. The van der Waals surface area contributed by atoms with Gasteiger partial charge in [-0.05, 0) is 137 Å². The summed E-state index contributed by atoms with van der Waals surface area (Å²) in [6, 6.07) is 69.6. The Bertz CT molecular complexity index is 3410. The Balaban J connectivity index is 1.24. The van der Waals surface area contributed by atoms with Crippen molar-refractivity contribution < 1.29 is 5.11 Å². The minimum absolute atomic E-state index is 0.620. The van der Waals surface area contributed by atoms with Gasteiger partial charge in [0.1, 0.15) is 5.60 Å². The fourth-order valence-electron chi connectivity index (χ4n) is 10.3. The third-order valence-electron chi connectivity index (χ3n) is 13.4. The van der Waals surface area contributed by atoms with E-state index in [2.05, 4.69) is 166 Å². The molecule has 0 saturated carbocycles. The van der Waals surface area contributed by atoms with Gasteiger partial charge in [-0.3, -0.25) is 0 Å². The summed E-state index contributed by atoms with van der Waals surface area (Å²) in [6.07, 6.45) is 1.54. The zero-order valence-electron chi connectivity index (χ0n) is 34.4. The maximum absolute atomic E-state index is 13.5. The van der Waals surface area contributed by atoms with E-state index in [1.165, 1.54) is 76.5 Å². The second-order valence-electron chi connectivity index (χ2n) is 16.6. The van der Waals surface area contributed by atoms with Gasteiger partial charge in [-0.1, -0.05) is 188 Å². The van der Waals surface area contributed by atoms with Crippen LogP contribution in [0, 0.1) is 0 Å². The molecule has 61 heavy (non-hydrogen) atoms. The van der Waals surface area contributed by atoms with Crippen molar-refractivity contribution >= 4 is 54.4 Å². The molecule has 2 heteroatoms. The first-order valence-corrected chi connectivity index (χ1v) is 21.4. The van der Waals surface area contributed by atoms with E-state index in [4.69, 9.17) is 5.73 Å². The Morgan fingerprint density at radius 2 is 1.00 bits per heavy atom. The number of allylic oxidation sites excluding steroid dienone is 2. The largest absolute Gasteiger partial charge is 0.398 e. The minimum Gasteiger partial charge on any atom is -0.398 e. The molecule has 1 aliphatic carbocycles. The average molecular weight is 784 g/mol. The first kappa shape index (κ1) is 36.8. The summed E-state index contributed by atoms with van der Waals surface area (Å²) in [5.41, 5.74) is 20.2. The van der Waals surface area contributed by atoms with Crippen molar-refractivity contribution in [1.82, 2.24) is 0 Å². The highest BCUT2D eigenvalue weighted by Crippen LogP contribution is 2.49. The molecule has 0 radical (unpaired) electrons. The summed E-state index contributed by atoms with van der Waals surface area (Å²) in [7, 11) is 0. The molecule has 11 rings (SSSR count). The maximum Gasteiger partial charge on any atom is 0.142 e. The Hall–Kier alpha value is -7.26. The number of nitrogens with two attached hydrogens (primary N) is 1. The van der Waals surface area contributed by atoms with Crippen molar-refractivity contribution in [3.05, 3.63) is 228 Å². The molecule has 2 nitrogen and oxygen atoms in total. The van der Waals surface area contributed by atoms with Gasteiger partial charge in [0.25, 0.3) is 0 Å². The molecule has 0 spiro atoms. The number of para-hydroxylation sites is 1. The topological polar surface area (TPSA) is 46.2 Å². The van der Waals surface area contributed by atoms with E-state index in [0.29, 0.717) is 17.7 Å². The van der Waals surface area contributed by atoms with Crippen molar-refractivity contribution in [3.8, 4) is 33.4 Å². The Morgan fingerprint density at radius 1 is 0.475 bits per heavy atom. The van der Waals surface area contributed by atoms with Crippen LogP contribution in [0.25, 0.3) is 82.0 Å². The van der Waals surface area contributed by atoms with Gasteiger partial charge in [-0.2, -0.15) is 0 Å². The number of fused-ring (bicyclic) bond motifs is 7. The molecular weight excluding hydrogens is 739 g/mol. The molecule has 2 bridgehead atoms. The van der Waals surface area contributed by atoms with Crippen molar-refractivity contribution in [2.75, 3.05) is 5.73 Å². The Labute approximate surface area is 356 Å². The van der Waals surface area contributed by atoms with Crippen LogP contribution in [0.5, 0.6) is 0 Å². The summed E-state index contributed by atoms with van der Waals surface area (Å²) in [5, 5.41) is 23.2. The number of benzene rings is 10. The van der Waals surface area contributed by atoms with E-state index in [1.807, 2.05) is 42.5 Å². The molecule has 10 aromatic carbocycles. The molecule has 0 amide bonds. The minimum atomic E-state index is -1.50. The van der Waals surface area contributed by atoms with Crippen molar-refractivity contribution in [2.24, 2.45) is 0 Å². The highest BCUT2D eigenvalue weighted by Gasteiger charge is 2.39. The molecule has 0 heterocycles. The van der Waals surface area contributed by atoms with Gasteiger partial charge < -0.3 is 10.8 Å². The molecule has 1 aliphatic rings. The smallest absolute Gasteiger partial charge is 0.142 e. The third-order valence-corrected chi connectivity index (χ3v) is 13.4. The second-order valence-corrected chi connectivity index (χ2v) is 16.6. The molecule has 1 unspecified atom stereocenters. The molecule has 1 atom stereocenters. The van der Waals surface area contributed by atoms with Gasteiger partial charge in [0.15, 0.2) is 0 Å². The zero-order valence-corrected chi connectivity index (χ0v) is 34.4. The van der Waals surface area contributed by atoms with E-state index in [9.17, 15) is 5.11 Å². The van der Waals surface area contributed by atoms with Crippen LogP contribution in [0.3, 0.4) is 0 Å². The van der Waals surface area contributed by atoms with E-state index in [1.54, 1.807) is 0 Å². The summed E-state index contributed by atoms with van der Waals surface area (Å²) < 4.78 is 0. The summed E-state index contributed by atoms with van der Waals surface area (Å²) >= 11 is 0. The van der Waals surface area contributed by atoms with Gasteiger partial charge in [0.05, 0.1) is 0 Å². The van der Waals surface area contributed by atoms with Gasteiger partial charge >= 0.3 is 0 Å². The second kappa shape index (κ2) is 14.5. The molecule has 0 aliphatic heterocycles. The normalized spacial score (nSPS) is 16.4. The maximum atomic E-state index is 13.5. The van der Waals surface area contributed by atoms with Crippen molar-refractivity contribution in [2.45, 2.75) is 32.3 Å². The quantitative estimate of drug-likeness (QED) is 0.135. The van der Waals surface area contributed by atoms with Crippen molar-refractivity contribution in [3.63, 3.8) is 0 Å². The first-order valence-electron chi connectivity index (χ1n) is 21.4. The Morgan fingerprint density at radius 3 is 1.64 bits per heavy atom. The highest BCUT2D eigenvalue weighted by molar-refractivity contribution is 6.22. The predicted octanol–water partition coefficient (Wildman–Crippen LogP) is 14.9. The van der Waals surface area contributed by atoms with Crippen LogP contribution in [0.4, 0.5) is 5.69 Å². The van der Waals surface area contributed by atoms with E-state index < -0.39 is 5.60 Å². The zero-order chi connectivity index (χ0) is 41.2. The van der Waals surface area contributed by atoms with Gasteiger partial charge in [-0.15, -0.1) is 0 Å². The number of nitrogen functional groups attached to an aromatic ring is 1. The van der Waals surface area contributed by atoms with Crippen LogP contribution in [0.2, 0.25) is 0 Å². The fourth-order valence-corrected chi connectivity index (χ4v) is 10.3. The standard InChI is InChI=1S/C59H45NO/c1-3-38-35-52-48(24-14-25-54(52)59(61,46-19-5-4-6-20-46)55-26-13-23-47(37(38)2)58(55)60)43-31-32-51-53(36-43)57(45-30-28-40-16-8-10-18-42(40)34-45)50-22-12-11-21-49(50)56(51)44-29-27-39-15-7-9-17-41(39)33-44/h4-34,36,61H,3,35,60H2,1-2H3/b38-37-. The fraction of sp³-hybridized carbons (Fsp3) is 0.0847. The van der Waals surface area contributed by atoms with Crippen LogP contribution >= 0.6 is 0 Å². The van der Waals surface area contributed by atoms with Gasteiger partial charge in [-0.25, -0.2) is 0 Å². The third kappa shape index (κ3) is 5.82. The van der Waals surface area contributed by atoms with Crippen LogP contribution < -0.4 is 5.73 Å². The monoisotopic (exact) mass is 783 g/mol. The van der Waals surface area contributed by atoms with E-state index in [0.717, 1.165) is 39.8 Å². The lowest BCUT2D eigenvalue weighted by molar-refractivity contribution is 0.125. The molecule has 3 N–H and O–H groups in total. The Kier molecular flexibility index (Phi) is 8.73. The van der Waals surface area contributed by atoms with Crippen LogP contribution in [0.1, 0.15) is 48.1 Å². The molecule has 0 fully saturated rings. The number of rotatable bonds is 5. The molecular formula is C59H45NO. The number of aliphatic hydroxyl groups is 1. The van der Waals surface area contributed by atoms with Crippen LogP contribution in [-0.4, -0.2) is 5.11 Å². The van der Waals surface area contributed by atoms with E-state index in [-0.39, 0.29) is 0 Å². The number of hydrogen-bond acceptors (Lipinski definition) is 2. The average Bonchev–Trinajstić information content (AvgIpc) is 3.32. The summed E-state index contributed by atoms with van der Waals surface area (Å²) in [4.78, 5) is 0. The first-order chi connectivity index (χ1) is 29.9. The lowest BCUT2D eigenvalue weighted by Gasteiger charge is -2.34. The van der Waals surface area contributed by atoms with Crippen molar-refractivity contribution in [1.29, 1.82) is 0 Å². The highest BCUT2D eigenvalue weighted by atomic mass is 16.3. The molecule has 0 aromatic heterocycles. The number of anilines is 1.